The number of furan rings is 1. The predicted molar refractivity (Wildman–Crippen MR) is 68.2 cm³/mol. The average molecular weight is 266 g/mol. The maximum absolute atomic E-state index is 12.5. The SMILES string of the molecule is Cc1oc(C)c(C(=O)N2CCNCC2C(=O)O)c1C. The molecule has 0 saturated carbocycles. The van der Waals surface area contributed by atoms with Crippen molar-refractivity contribution in [1.82, 2.24) is 10.2 Å². The third-order valence-electron chi connectivity index (χ3n) is 3.56. The van der Waals surface area contributed by atoms with Crippen LogP contribution in [0.4, 0.5) is 0 Å². The molecule has 0 aromatic carbocycles. The van der Waals surface area contributed by atoms with E-state index in [0.717, 1.165) is 5.56 Å². The van der Waals surface area contributed by atoms with Gasteiger partial charge in [0.1, 0.15) is 17.6 Å². The zero-order valence-electron chi connectivity index (χ0n) is 11.3. The summed E-state index contributed by atoms with van der Waals surface area (Å²) in [5, 5.41) is 12.2. The zero-order valence-corrected chi connectivity index (χ0v) is 11.3. The number of nitrogens with zero attached hydrogens (tertiary/aromatic N) is 1. The molecule has 1 aromatic heterocycles. The van der Waals surface area contributed by atoms with Crippen molar-refractivity contribution in [3.05, 3.63) is 22.6 Å². The number of rotatable bonds is 2. The number of carbonyl (C=O) groups is 2. The minimum atomic E-state index is -0.990. The van der Waals surface area contributed by atoms with Gasteiger partial charge in [0.05, 0.1) is 5.56 Å². The van der Waals surface area contributed by atoms with E-state index in [1.165, 1.54) is 4.90 Å². The van der Waals surface area contributed by atoms with Crippen LogP contribution in [0.15, 0.2) is 4.42 Å². The Hall–Kier alpha value is -1.82. The van der Waals surface area contributed by atoms with E-state index in [2.05, 4.69) is 5.32 Å². The van der Waals surface area contributed by atoms with Crippen LogP contribution in [0.2, 0.25) is 0 Å². The maximum atomic E-state index is 12.5. The van der Waals surface area contributed by atoms with Crippen LogP contribution >= 0.6 is 0 Å². The molecule has 6 heteroatoms. The lowest BCUT2D eigenvalue weighted by atomic mass is 10.1. The van der Waals surface area contributed by atoms with E-state index in [4.69, 9.17) is 4.42 Å². The summed E-state index contributed by atoms with van der Waals surface area (Å²) in [7, 11) is 0. The molecule has 2 rings (SSSR count). The van der Waals surface area contributed by atoms with Crippen LogP contribution in [0.25, 0.3) is 0 Å². The topological polar surface area (TPSA) is 82.8 Å². The highest BCUT2D eigenvalue weighted by Crippen LogP contribution is 2.23. The summed E-state index contributed by atoms with van der Waals surface area (Å²) >= 11 is 0. The molecule has 1 atom stereocenters. The lowest BCUT2D eigenvalue weighted by Gasteiger charge is -2.33. The van der Waals surface area contributed by atoms with E-state index < -0.39 is 12.0 Å². The Balaban J connectivity index is 2.34. The molecule has 0 bridgehead atoms. The van der Waals surface area contributed by atoms with Crippen molar-refractivity contribution in [3.63, 3.8) is 0 Å². The Morgan fingerprint density at radius 1 is 1.32 bits per heavy atom. The number of aryl methyl sites for hydroxylation is 2. The first-order valence-corrected chi connectivity index (χ1v) is 6.24. The van der Waals surface area contributed by atoms with Gasteiger partial charge in [-0.25, -0.2) is 4.79 Å². The number of carboxylic acids is 1. The number of aliphatic carboxylic acids is 1. The molecule has 19 heavy (non-hydrogen) atoms. The number of carbonyl (C=O) groups excluding carboxylic acids is 1. The highest BCUT2D eigenvalue weighted by molar-refractivity contribution is 5.99. The highest BCUT2D eigenvalue weighted by Gasteiger charge is 2.34. The molecule has 2 heterocycles. The molecule has 1 aromatic rings. The van der Waals surface area contributed by atoms with Gasteiger partial charge in [0, 0.05) is 25.2 Å². The summed E-state index contributed by atoms with van der Waals surface area (Å²) in [4.78, 5) is 25.2. The lowest BCUT2D eigenvalue weighted by molar-refractivity contribution is -0.142. The zero-order chi connectivity index (χ0) is 14.2. The number of hydrogen-bond acceptors (Lipinski definition) is 4. The Bertz CT molecular complexity index is 521. The molecule has 1 unspecified atom stereocenters. The molecule has 6 nitrogen and oxygen atoms in total. The molecular formula is C13H18N2O4. The molecule has 1 amide bonds. The quantitative estimate of drug-likeness (QED) is 0.823. The predicted octanol–water partition coefficient (Wildman–Crippen LogP) is 0.703. The van der Waals surface area contributed by atoms with Gasteiger partial charge < -0.3 is 19.7 Å². The van der Waals surface area contributed by atoms with Crippen LogP contribution in [0.5, 0.6) is 0 Å². The Morgan fingerprint density at radius 2 is 2.00 bits per heavy atom. The summed E-state index contributed by atoms with van der Waals surface area (Å²) < 4.78 is 5.44. The van der Waals surface area contributed by atoms with Crippen LogP contribution in [0.1, 0.15) is 27.4 Å². The Labute approximate surface area is 111 Å². The molecule has 1 aliphatic rings. The summed E-state index contributed by atoms with van der Waals surface area (Å²) in [6, 6.07) is -0.824. The highest BCUT2D eigenvalue weighted by atomic mass is 16.4. The van der Waals surface area contributed by atoms with Crippen LogP contribution < -0.4 is 5.32 Å². The summed E-state index contributed by atoms with van der Waals surface area (Å²) in [5.74, 6) is -0.0117. The second-order valence-corrected chi connectivity index (χ2v) is 4.77. The van der Waals surface area contributed by atoms with E-state index in [1.807, 2.05) is 6.92 Å². The minimum Gasteiger partial charge on any atom is -0.480 e. The van der Waals surface area contributed by atoms with E-state index in [1.54, 1.807) is 13.8 Å². The van der Waals surface area contributed by atoms with Gasteiger partial charge in [-0.3, -0.25) is 4.79 Å². The standard InChI is InChI=1S/C13H18N2O4/c1-7-8(2)19-9(3)11(7)12(16)15-5-4-14-6-10(15)13(17)18/h10,14H,4-6H2,1-3H3,(H,17,18). The molecule has 0 aliphatic carbocycles. The van der Waals surface area contributed by atoms with Gasteiger partial charge in [-0.1, -0.05) is 0 Å². The minimum absolute atomic E-state index is 0.263. The van der Waals surface area contributed by atoms with Crippen molar-refractivity contribution in [2.24, 2.45) is 0 Å². The first kappa shape index (κ1) is 13.6. The average Bonchev–Trinajstić information content (AvgIpc) is 2.62. The van der Waals surface area contributed by atoms with Crippen LogP contribution in [0.3, 0.4) is 0 Å². The van der Waals surface area contributed by atoms with Crippen LogP contribution in [-0.4, -0.2) is 47.6 Å². The van der Waals surface area contributed by atoms with Gasteiger partial charge in [0.25, 0.3) is 5.91 Å². The van der Waals surface area contributed by atoms with E-state index in [-0.39, 0.29) is 12.5 Å². The Kier molecular flexibility index (Phi) is 3.61. The number of carboxylic acid groups (broad SMARTS) is 1. The first-order valence-electron chi connectivity index (χ1n) is 6.24. The van der Waals surface area contributed by atoms with E-state index in [9.17, 15) is 14.7 Å². The van der Waals surface area contributed by atoms with E-state index in [0.29, 0.717) is 30.2 Å². The molecule has 1 fully saturated rings. The third kappa shape index (κ3) is 2.35. The number of amides is 1. The molecule has 104 valence electrons. The molecule has 2 N–H and O–H groups in total. The lowest BCUT2D eigenvalue weighted by Crippen LogP contribution is -2.57. The summed E-state index contributed by atoms with van der Waals surface area (Å²) in [6.45, 7) is 6.60. The number of hydrogen-bond donors (Lipinski definition) is 2. The van der Waals surface area contributed by atoms with Crippen molar-refractivity contribution < 1.29 is 19.1 Å². The molecular weight excluding hydrogens is 248 g/mol. The normalized spacial score (nSPS) is 19.5. The Morgan fingerprint density at radius 3 is 2.53 bits per heavy atom. The third-order valence-corrected chi connectivity index (χ3v) is 3.56. The van der Waals surface area contributed by atoms with Gasteiger partial charge in [-0.2, -0.15) is 0 Å². The largest absolute Gasteiger partial charge is 0.480 e. The van der Waals surface area contributed by atoms with E-state index >= 15 is 0 Å². The molecule has 0 radical (unpaired) electrons. The van der Waals surface area contributed by atoms with Gasteiger partial charge in [0.15, 0.2) is 0 Å². The monoisotopic (exact) mass is 266 g/mol. The van der Waals surface area contributed by atoms with Crippen molar-refractivity contribution in [1.29, 1.82) is 0 Å². The molecule has 1 saturated heterocycles. The van der Waals surface area contributed by atoms with Crippen molar-refractivity contribution in [2.75, 3.05) is 19.6 Å². The fourth-order valence-electron chi connectivity index (χ4n) is 2.42. The van der Waals surface area contributed by atoms with Crippen LogP contribution in [0, 0.1) is 20.8 Å². The van der Waals surface area contributed by atoms with Gasteiger partial charge in [-0.05, 0) is 20.8 Å². The van der Waals surface area contributed by atoms with Gasteiger partial charge >= 0.3 is 5.97 Å². The summed E-state index contributed by atoms with van der Waals surface area (Å²) in [6.07, 6.45) is 0. The smallest absolute Gasteiger partial charge is 0.327 e. The van der Waals surface area contributed by atoms with Gasteiger partial charge in [-0.15, -0.1) is 0 Å². The molecule has 0 spiro atoms. The van der Waals surface area contributed by atoms with Crippen molar-refractivity contribution in [2.45, 2.75) is 26.8 Å². The van der Waals surface area contributed by atoms with Gasteiger partial charge in [0.2, 0.25) is 0 Å². The fraction of sp³-hybridized carbons (Fsp3) is 0.538. The fourth-order valence-corrected chi connectivity index (χ4v) is 2.42. The maximum Gasteiger partial charge on any atom is 0.327 e. The first-order chi connectivity index (χ1) is 8.93. The van der Waals surface area contributed by atoms with Crippen molar-refractivity contribution in [3.8, 4) is 0 Å². The van der Waals surface area contributed by atoms with Crippen LogP contribution in [-0.2, 0) is 4.79 Å². The molecule has 1 aliphatic heterocycles. The number of nitrogens with one attached hydrogen (secondary N) is 1. The second-order valence-electron chi connectivity index (χ2n) is 4.77. The summed E-state index contributed by atoms with van der Waals surface area (Å²) in [5.41, 5.74) is 1.27. The number of piperazine rings is 1. The van der Waals surface area contributed by atoms with Crippen molar-refractivity contribution >= 4 is 11.9 Å². The second kappa shape index (κ2) is 5.05.